The van der Waals surface area contributed by atoms with Gasteiger partial charge in [-0.2, -0.15) is 0 Å². The van der Waals surface area contributed by atoms with Crippen LogP contribution >= 0.6 is 11.6 Å². The first kappa shape index (κ1) is 13.8. The van der Waals surface area contributed by atoms with E-state index < -0.39 is 0 Å². The first-order chi connectivity index (χ1) is 9.58. The molecule has 1 aliphatic rings. The lowest BCUT2D eigenvalue weighted by Gasteiger charge is -2.26. The van der Waals surface area contributed by atoms with E-state index in [9.17, 15) is 4.39 Å². The molecule has 1 aliphatic heterocycles. The van der Waals surface area contributed by atoms with Crippen molar-refractivity contribution in [3.8, 4) is 0 Å². The van der Waals surface area contributed by atoms with Crippen LogP contribution in [0.3, 0.4) is 0 Å². The largest absolute Gasteiger partial charge is 0.381 e. The third-order valence-electron chi connectivity index (χ3n) is 3.91. The summed E-state index contributed by atoms with van der Waals surface area (Å²) >= 11 is 6.27. The van der Waals surface area contributed by atoms with E-state index in [1.165, 1.54) is 6.07 Å². The topological polar surface area (TPSA) is 27.1 Å². The molecule has 0 spiro atoms. The number of hydrogen-bond acceptors (Lipinski definition) is 2. The fourth-order valence-electron chi connectivity index (χ4n) is 2.85. The van der Waals surface area contributed by atoms with E-state index in [1.54, 1.807) is 6.92 Å². The molecule has 1 unspecified atom stereocenters. The Morgan fingerprint density at radius 3 is 2.75 bits per heavy atom. The minimum absolute atomic E-state index is 0.200. The Kier molecular flexibility index (Phi) is 3.69. The third kappa shape index (κ3) is 2.31. The predicted octanol–water partition coefficient (Wildman–Crippen LogP) is 4.14. The van der Waals surface area contributed by atoms with Gasteiger partial charge in [0.05, 0.1) is 16.4 Å². The molecule has 1 aromatic carbocycles. The summed E-state index contributed by atoms with van der Waals surface area (Å²) in [7, 11) is 0. The van der Waals surface area contributed by atoms with Crippen LogP contribution in [0.4, 0.5) is 4.39 Å². The second-order valence-electron chi connectivity index (χ2n) is 5.39. The molecular formula is C15H18ClFN2O. The number of aromatic nitrogens is 2. The highest BCUT2D eigenvalue weighted by Crippen LogP contribution is 2.33. The van der Waals surface area contributed by atoms with Crippen LogP contribution < -0.4 is 0 Å². The van der Waals surface area contributed by atoms with Crippen molar-refractivity contribution in [2.45, 2.75) is 38.1 Å². The Hall–Kier alpha value is -1.13. The quantitative estimate of drug-likeness (QED) is 0.779. The fourth-order valence-corrected chi connectivity index (χ4v) is 3.00. The lowest BCUT2D eigenvalue weighted by atomic mass is 10.1. The Balaban J connectivity index is 2.20. The Bertz CT molecular complexity index is 632. The van der Waals surface area contributed by atoms with Gasteiger partial charge in [0.15, 0.2) is 0 Å². The summed E-state index contributed by atoms with van der Waals surface area (Å²) in [5, 5.41) is -0.200. The van der Waals surface area contributed by atoms with Crippen molar-refractivity contribution in [3.63, 3.8) is 0 Å². The van der Waals surface area contributed by atoms with E-state index in [0.717, 1.165) is 37.4 Å². The molecule has 108 valence electrons. The molecule has 0 aliphatic carbocycles. The summed E-state index contributed by atoms with van der Waals surface area (Å²) in [4.78, 5) is 4.54. The lowest BCUT2D eigenvalue weighted by Crippen LogP contribution is -2.21. The summed E-state index contributed by atoms with van der Waals surface area (Å²) in [5.74, 6) is 0.599. The van der Waals surface area contributed by atoms with Crippen LogP contribution in [0.5, 0.6) is 0 Å². The van der Waals surface area contributed by atoms with Gasteiger partial charge < -0.3 is 9.30 Å². The molecule has 2 aromatic rings. The van der Waals surface area contributed by atoms with E-state index in [1.807, 2.05) is 13.0 Å². The number of rotatable bonds is 2. The van der Waals surface area contributed by atoms with Crippen LogP contribution in [0.1, 0.15) is 42.6 Å². The van der Waals surface area contributed by atoms with Gasteiger partial charge in [-0.15, -0.1) is 11.6 Å². The van der Waals surface area contributed by atoms with Crippen molar-refractivity contribution in [1.82, 2.24) is 9.55 Å². The van der Waals surface area contributed by atoms with Crippen molar-refractivity contribution in [2.75, 3.05) is 13.2 Å². The normalized spacial score (nSPS) is 18.6. The van der Waals surface area contributed by atoms with Gasteiger partial charge in [-0.25, -0.2) is 9.37 Å². The molecule has 0 amide bonds. The number of nitrogens with zero attached hydrogens (tertiary/aromatic N) is 2. The maximum absolute atomic E-state index is 13.7. The zero-order chi connectivity index (χ0) is 14.3. The molecule has 1 aromatic heterocycles. The predicted molar refractivity (Wildman–Crippen MR) is 77.8 cm³/mol. The van der Waals surface area contributed by atoms with Gasteiger partial charge in [-0.05, 0) is 38.3 Å². The molecule has 2 heterocycles. The minimum Gasteiger partial charge on any atom is -0.381 e. The molecule has 1 saturated heterocycles. The molecule has 0 radical (unpaired) electrons. The van der Waals surface area contributed by atoms with Crippen LogP contribution in [0.25, 0.3) is 11.0 Å². The smallest absolute Gasteiger partial charge is 0.128 e. The van der Waals surface area contributed by atoms with Crippen LogP contribution in [-0.4, -0.2) is 22.8 Å². The first-order valence-corrected chi connectivity index (χ1v) is 7.41. The second kappa shape index (κ2) is 5.34. The van der Waals surface area contributed by atoms with Gasteiger partial charge in [0, 0.05) is 25.3 Å². The van der Waals surface area contributed by atoms with Crippen LogP contribution in [0.15, 0.2) is 12.1 Å². The van der Waals surface area contributed by atoms with Crippen molar-refractivity contribution >= 4 is 22.6 Å². The zero-order valence-corrected chi connectivity index (χ0v) is 12.5. The average molecular weight is 297 g/mol. The number of fused-ring (bicyclic) bond motifs is 1. The molecule has 0 saturated carbocycles. The third-order valence-corrected chi connectivity index (χ3v) is 4.10. The Labute approximate surface area is 122 Å². The lowest BCUT2D eigenvalue weighted by molar-refractivity contribution is 0.0698. The van der Waals surface area contributed by atoms with Gasteiger partial charge in [-0.1, -0.05) is 0 Å². The number of ether oxygens (including phenoxy) is 1. The first-order valence-electron chi connectivity index (χ1n) is 6.97. The number of benzene rings is 1. The monoisotopic (exact) mass is 296 g/mol. The molecule has 3 nitrogen and oxygen atoms in total. The Morgan fingerprint density at radius 1 is 1.40 bits per heavy atom. The van der Waals surface area contributed by atoms with Crippen molar-refractivity contribution in [1.29, 1.82) is 0 Å². The number of hydrogen-bond donors (Lipinski definition) is 0. The van der Waals surface area contributed by atoms with E-state index in [4.69, 9.17) is 16.3 Å². The number of imidazole rings is 1. The molecule has 3 rings (SSSR count). The van der Waals surface area contributed by atoms with Gasteiger partial charge in [0.2, 0.25) is 0 Å². The highest BCUT2D eigenvalue weighted by molar-refractivity contribution is 6.20. The second-order valence-corrected chi connectivity index (χ2v) is 6.04. The number of halogens is 2. The molecule has 5 heteroatoms. The van der Waals surface area contributed by atoms with Crippen molar-refractivity contribution < 1.29 is 9.13 Å². The molecule has 0 N–H and O–H groups in total. The summed E-state index contributed by atoms with van der Waals surface area (Å²) in [6, 6.07) is 3.70. The fraction of sp³-hybridized carbons (Fsp3) is 0.533. The summed E-state index contributed by atoms with van der Waals surface area (Å²) in [5.41, 5.74) is 2.29. The SMILES string of the molecule is Cc1cc2c(cc1F)nc(C(C)Cl)n2C1CCOCC1. The van der Waals surface area contributed by atoms with Crippen molar-refractivity contribution in [3.05, 3.63) is 29.3 Å². The van der Waals surface area contributed by atoms with Crippen LogP contribution in [-0.2, 0) is 4.74 Å². The molecule has 1 fully saturated rings. The Morgan fingerprint density at radius 2 is 2.10 bits per heavy atom. The summed E-state index contributed by atoms with van der Waals surface area (Å²) < 4.78 is 21.3. The molecular weight excluding hydrogens is 279 g/mol. The highest BCUT2D eigenvalue weighted by Gasteiger charge is 2.24. The van der Waals surface area contributed by atoms with Crippen LogP contribution in [0, 0.1) is 12.7 Å². The van der Waals surface area contributed by atoms with Gasteiger partial charge in [-0.3, -0.25) is 0 Å². The number of aryl methyl sites for hydroxylation is 1. The van der Waals surface area contributed by atoms with Crippen molar-refractivity contribution in [2.24, 2.45) is 0 Å². The summed E-state index contributed by atoms with van der Waals surface area (Å²) in [6.45, 7) is 5.18. The van der Waals surface area contributed by atoms with Gasteiger partial charge in [0.1, 0.15) is 11.6 Å². The van der Waals surface area contributed by atoms with E-state index in [-0.39, 0.29) is 11.2 Å². The zero-order valence-electron chi connectivity index (χ0n) is 11.7. The van der Waals surface area contributed by atoms with E-state index in [2.05, 4.69) is 9.55 Å². The molecule has 0 bridgehead atoms. The maximum atomic E-state index is 13.7. The molecule has 1 atom stereocenters. The maximum Gasteiger partial charge on any atom is 0.128 e. The van der Waals surface area contributed by atoms with Gasteiger partial charge in [0.25, 0.3) is 0 Å². The highest BCUT2D eigenvalue weighted by atomic mass is 35.5. The average Bonchev–Trinajstić information content (AvgIpc) is 2.79. The van der Waals surface area contributed by atoms with Crippen LogP contribution in [0.2, 0.25) is 0 Å². The van der Waals surface area contributed by atoms with E-state index in [0.29, 0.717) is 17.1 Å². The van der Waals surface area contributed by atoms with Gasteiger partial charge >= 0.3 is 0 Å². The standard InChI is InChI=1S/C15H18ClFN2O/c1-9-7-14-13(8-12(9)17)18-15(10(2)16)19(14)11-3-5-20-6-4-11/h7-8,10-11H,3-6H2,1-2H3. The number of alkyl halides is 1. The summed E-state index contributed by atoms with van der Waals surface area (Å²) in [6.07, 6.45) is 1.89. The molecule has 20 heavy (non-hydrogen) atoms. The minimum atomic E-state index is -0.220. The van der Waals surface area contributed by atoms with E-state index >= 15 is 0 Å².